The Morgan fingerprint density at radius 1 is 1.18 bits per heavy atom. The topological polar surface area (TPSA) is 88.1 Å². The molecule has 1 aliphatic heterocycles. The maximum absolute atomic E-state index is 13.4. The summed E-state index contributed by atoms with van der Waals surface area (Å²) in [7, 11) is 0. The monoisotopic (exact) mass is 468 g/mol. The molecule has 2 N–H and O–H groups in total. The molecule has 2 aromatic carbocycles. The van der Waals surface area contributed by atoms with Crippen molar-refractivity contribution in [2.75, 3.05) is 31.7 Å². The molecule has 0 radical (unpaired) electrons. The molecule has 2 amide bonds. The van der Waals surface area contributed by atoms with Crippen molar-refractivity contribution in [3.05, 3.63) is 59.2 Å². The minimum absolute atomic E-state index is 0.0694. The molecule has 2 aromatic rings. The Balaban J connectivity index is 1.80. The van der Waals surface area contributed by atoms with E-state index in [4.69, 9.17) is 9.47 Å². The second-order valence-electron chi connectivity index (χ2n) is 8.97. The Hall–Kier alpha value is -2.90. The minimum Gasteiger partial charge on any atom is -0.493 e. The number of aliphatic hydroxyl groups excluding tert-OH is 1. The first-order chi connectivity index (χ1) is 16.4. The number of ether oxygens (including phenoxy) is 2. The lowest BCUT2D eigenvalue weighted by atomic mass is 10.1. The van der Waals surface area contributed by atoms with Crippen LogP contribution in [0.4, 0.5) is 5.69 Å². The average Bonchev–Trinajstić information content (AvgIpc) is 3.29. The number of hydrogen-bond donors (Lipinski definition) is 2. The maximum atomic E-state index is 13.4. The van der Waals surface area contributed by atoms with Crippen molar-refractivity contribution >= 4 is 17.5 Å². The van der Waals surface area contributed by atoms with Crippen LogP contribution in [-0.2, 0) is 16.0 Å². The number of aliphatic hydroxyl groups is 1. The van der Waals surface area contributed by atoms with Gasteiger partial charge < -0.3 is 24.8 Å². The van der Waals surface area contributed by atoms with Crippen LogP contribution in [0.25, 0.3) is 0 Å². The molecule has 1 saturated heterocycles. The molecular weight excluding hydrogens is 432 g/mol. The first-order valence-corrected chi connectivity index (χ1v) is 12.0. The van der Waals surface area contributed by atoms with Gasteiger partial charge in [0.1, 0.15) is 5.75 Å². The van der Waals surface area contributed by atoms with E-state index in [1.807, 2.05) is 51.1 Å². The molecule has 1 aliphatic rings. The number of hydrogen-bond acceptors (Lipinski definition) is 5. The van der Waals surface area contributed by atoms with Crippen molar-refractivity contribution in [3.63, 3.8) is 0 Å². The summed E-state index contributed by atoms with van der Waals surface area (Å²) < 4.78 is 11.5. The zero-order chi connectivity index (χ0) is 24.5. The molecule has 0 aromatic heterocycles. The van der Waals surface area contributed by atoms with Gasteiger partial charge >= 0.3 is 0 Å². The second kappa shape index (κ2) is 12.5. The third kappa shape index (κ3) is 7.05. The Bertz CT molecular complexity index is 961. The van der Waals surface area contributed by atoms with Crippen LogP contribution in [0, 0.1) is 6.92 Å². The van der Waals surface area contributed by atoms with Gasteiger partial charge in [-0.3, -0.25) is 9.59 Å². The molecule has 0 aliphatic carbocycles. The summed E-state index contributed by atoms with van der Waals surface area (Å²) in [5, 5.41) is 12.6. The summed E-state index contributed by atoms with van der Waals surface area (Å²) in [5.41, 5.74) is 2.54. The normalized spacial score (nSPS) is 15.6. The zero-order valence-electron chi connectivity index (χ0n) is 20.4. The van der Waals surface area contributed by atoms with Gasteiger partial charge in [-0.2, -0.15) is 0 Å². The van der Waals surface area contributed by atoms with Crippen LogP contribution in [0.1, 0.15) is 54.6 Å². The van der Waals surface area contributed by atoms with Gasteiger partial charge in [0, 0.05) is 19.0 Å². The summed E-state index contributed by atoms with van der Waals surface area (Å²) in [6.45, 7) is 7.47. The number of nitrogens with zero attached hydrogens (tertiary/aromatic N) is 1. The van der Waals surface area contributed by atoms with Crippen molar-refractivity contribution in [2.45, 2.75) is 58.6 Å². The summed E-state index contributed by atoms with van der Waals surface area (Å²) in [5.74, 6) is 0.225. The molecule has 0 saturated carbocycles. The Morgan fingerprint density at radius 3 is 2.65 bits per heavy atom. The van der Waals surface area contributed by atoms with E-state index in [0.717, 1.165) is 30.4 Å². The van der Waals surface area contributed by atoms with E-state index < -0.39 is 0 Å². The van der Waals surface area contributed by atoms with E-state index >= 15 is 0 Å². The first-order valence-electron chi connectivity index (χ1n) is 12.0. The minimum atomic E-state index is -0.208. The van der Waals surface area contributed by atoms with E-state index in [1.165, 1.54) is 0 Å². The number of likely N-dealkylation sites (tertiary alicyclic amines) is 1. The Labute approximate surface area is 202 Å². The van der Waals surface area contributed by atoms with E-state index in [9.17, 15) is 14.7 Å². The summed E-state index contributed by atoms with van der Waals surface area (Å²) in [6.07, 6.45) is 2.74. The highest BCUT2D eigenvalue weighted by atomic mass is 16.5. The number of carbonyl (C=O) groups is 2. The number of aryl methyl sites for hydroxylation is 1. The van der Waals surface area contributed by atoms with Gasteiger partial charge in [-0.05, 0) is 50.8 Å². The third-order valence-corrected chi connectivity index (χ3v) is 5.87. The molecule has 1 heterocycles. The SMILES string of the molecule is Cc1cc(C(=O)N2CCC[C@H]2CO)c(NC(=O)Cc2ccccc2)cc1OCCCOC(C)C. The van der Waals surface area contributed by atoms with Crippen LogP contribution >= 0.6 is 0 Å². The lowest BCUT2D eigenvalue weighted by molar-refractivity contribution is -0.115. The predicted octanol–water partition coefficient (Wildman–Crippen LogP) is 3.97. The number of rotatable bonds is 11. The van der Waals surface area contributed by atoms with Crippen LogP contribution in [0.3, 0.4) is 0 Å². The van der Waals surface area contributed by atoms with Crippen LogP contribution in [-0.4, -0.2) is 60.3 Å². The Kier molecular flexibility index (Phi) is 9.48. The maximum Gasteiger partial charge on any atom is 0.256 e. The van der Waals surface area contributed by atoms with Gasteiger partial charge in [0.05, 0.1) is 49.6 Å². The molecule has 1 atom stereocenters. The van der Waals surface area contributed by atoms with E-state index in [-0.39, 0.29) is 37.0 Å². The zero-order valence-corrected chi connectivity index (χ0v) is 20.4. The molecule has 7 nitrogen and oxygen atoms in total. The molecule has 184 valence electrons. The molecule has 34 heavy (non-hydrogen) atoms. The summed E-state index contributed by atoms with van der Waals surface area (Å²) in [4.78, 5) is 27.9. The van der Waals surface area contributed by atoms with Gasteiger partial charge in [0.2, 0.25) is 5.91 Å². The fourth-order valence-corrected chi connectivity index (χ4v) is 4.11. The molecule has 3 rings (SSSR count). The molecule has 7 heteroatoms. The van der Waals surface area contributed by atoms with Crippen molar-refractivity contribution in [1.82, 2.24) is 4.90 Å². The average molecular weight is 469 g/mol. The molecule has 1 fully saturated rings. The van der Waals surface area contributed by atoms with Crippen molar-refractivity contribution < 1.29 is 24.2 Å². The lowest BCUT2D eigenvalue weighted by Crippen LogP contribution is -2.38. The van der Waals surface area contributed by atoms with Crippen LogP contribution in [0.5, 0.6) is 5.75 Å². The summed E-state index contributed by atoms with van der Waals surface area (Å²) >= 11 is 0. The molecule has 0 spiro atoms. The molecule has 0 bridgehead atoms. The molecule has 0 unspecified atom stereocenters. The summed E-state index contributed by atoms with van der Waals surface area (Å²) in [6, 6.07) is 12.8. The highest BCUT2D eigenvalue weighted by molar-refractivity contribution is 6.04. The van der Waals surface area contributed by atoms with Crippen LogP contribution < -0.4 is 10.1 Å². The highest BCUT2D eigenvalue weighted by Gasteiger charge is 2.30. The molecular formula is C27H36N2O5. The van der Waals surface area contributed by atoms with E-state index in [1.54, 1.807) is 17.0 Å². The second-order valence-corrected chi connectivity index (χ2v) is 8.97. The largest absolute Gasteiger partial charge is 0.493 e. The third-order valence-electron chi connectivity index (χ3n) is 5.87. The van der Waals surface area contributed by atoms with Gasteiger partial charge in [-0.15, -0.1) is 0 Å². The van der Waals surface area contributed by atoms with Gasteiger partial charge in [0.15, 0.2) is 0 Å². The fraction of sp³-hybridized carbons (Fsp3) is 0.481. The smallest absolute Gasteiger partial charge is 0.256 e. The van der Waals surface area contributed by atoms with Crippen molar-refractivity contribution in [2.24, 2.45) is 0 Å². The number of nitrogens with one attached hydrogen (secondary N) is 1. The van der Waals surface area contributed by atoms with E-state index in [2.05, 4.69) is 5.32 Å². The van der Waals surface area contributed by atoms with Crippen LogP contribution in [0.15, 0.2) is 42.5 Å². The van der Waals surface area contributed by atoms with Gasteiger partial charge in [-0.25, -0.2) is 0 Å². The van der Waals surface area contributed by atoms with Crippen LogP contribution in [0.2, 0.25) is 0 Å². The number of anilines is 1. The number of carbonyl (C=O) groups excluding carboxylic acids is 2. The number of amides is 2. The van der Waals surface area contributed by atoms with Crippen molar-refractivity contribution in [1.29, 1.82) is 0 Å². The Morgan fingerprint density at radius 2 is 1.94 bits per heavy atom. The quantitative estimate of drug-likeness (QED) is 0.487. The predicted molar refractivity (Wildman–Crippen MR) is 132 cm³/mol. The lowest BCUT2D eigenvalue weighted by Gasteiger charge is -2.25. The standard InChI is InChI=1S/C27H36N2O5/c1-19(2)33-13-8-14-34-25-17-24(28-26(31)16-21-9-5-4-6-10-21)23(15-20(25)3)27(32)29-12-7-11-22(29)18-30/h4-6,9-10,15,17,19,22,30H,7-8,11-14,16,18H2,1-3H3,(H,28,31)/t22-/m0/s1. The van der Waals surface area contributed by atoms with Gasteiger partial charge in [0.25, 0.3) is 5.91 Å². The van der Waals surface area contributed by atoms with Crippen molar-refractivity contribution in [3.8, 4) is 5.75 Å². The van der Waals surface area contributed by atoms with E-state index in [0.29, 0.717) is 36.8 Å². The van der Waals surface area contributed by atoms with Gasteiger partial charge in [-0.1, -0.05) is 30.3 Å². The first kappa shape index (κ1) is 25.7. The highest BCUT2D eigenvalue weighted by Crippen LogP contribution is 2.30. The number of benzene rings is 2. The fourth-order valence-electron chi connectivity index (χ4n) is 4.11.